The molecule has 0 amide bonds. The first-order valence-electron chi connectivity index (χ1n) is 7.66. The van der Waals surface area contributed by atoms with Crippen LogP contribution in [0.3, 0.4) is 0 Å². The maximum Gasteiger partial charge on any atom is 0.150 e. The molecule has 0 aliphatic carbocycles. The van der Waals surface area contributed by atoms with E-state index in [4.69, 9.17) is 4.74 Å². The molecule has 1 aromatic carbocycles. The minimum absolute atomic E-state index is 0.0794. The third kappa shape index (κ3) is 3.30. The van der Waals surface area contributed by atoms with E-state index in [2.05, 4.69) is 29.6 Å². The highest BCUT2D eigenvalue weighted by Crippen LogP contribution is 2.33. The predicted octanol–water partition coefficient (Wildman–Crippen LogP) is 1.71. The highest BCUT2D eigenvalue weighted by Gasteiger charge is 2.35. The summed E-state index contributed by atoms with van der Waals surface area (Å²) < 4.78 is 29.3. The largest absolute Gasteiger partial charge is 0.373 e. The number of benzene rings is 1. The van der Waals surface area contributed by atoms with Gasteiger partial charge < -0.3 is 10.1 Å². The molecule has 0 spiro atoms. The van der Waals surface area contributed by atoms with Gasteiger partial charge in [-0.1, -0.05) is 24.3 Å². The quantitative estimate of drug-likeness (QED) is 0.920. The van der Waals surface area contributed by atoms with Crippen molar-refractivity contribution in [3.05, 3.63) is 35.4 Å². The zero-order valence-electron chi connectivity index (χ0n) is 12.4. The fourth-order valence-electron chi connectivity index (χ4n) is 3.59. The van der Waals surface area contributed by atoms with Crippen LogP contribution in [-0.2, 0) is 21.0 Å². The molecule has 2 aliphatic heterocycles. The van der Waals surface area contributed by atoms with Crippen LogP contribution < -0.4 is 5.32 Å². The van der Waals surface area contributed by atoms with E-state index in [0.717, 1.165) is 25.9 Å². The summed E-state index contributed by atoms with van der Waals surface area (Å²) in [6, 6.07) is 8.62. The lowest BCUT2D eigenvalue weighted by atomic mass is 9.88. The molecule has 0 saturated carbocycles. The van der Waals surface area contributed by atoms with Crippen molar-refractivity contribution in [3.8, 4) is 0 Å². The van der Waals surface area contributed by atoms with E-state index in [0.29, 0.717) is 11.5 Å². The fourth-order valence-corrected chi connectivity index (χ4v) is 5.47. The topological polar surface area (TPSA) is 55.4 Å². The average Bonchev–Trinajstić information content (AvgIpc) is 2.85. The monoisotopic (exact) mass is 309 g/mol. The van der Waals surface area contributed by atoms with Crippen LogP contribution in [0.2, 0.25) is 0 Å². The number of ether oxygens (including phenoxy) is 1. The predicted molar refractivity (Wildman–Crippen MR) is 83.1 cm³/mol. The molecular formula is C16H23NO3S. The third-order valence-electron chi connectivity index (χ3n) is 4.77. The Labute approximate surface area is 126 Å². The molecule has 5 heteroatoms. The van der Waals surface area contributed by atoms with Gasteiger partial charge in [-0.25, -0.2) is 8.42 Å². The van der Waals surface area contributed by atoms with E-state index in [1.807, 2.05) is 7.05 Å². The number of rotatable bonds is 4. The van der Waals surface area contributed by atoms with Gasteiger partial charge in [-0.15, -0.1) is 0 Å². The van der Waals surface area contributed by atoms with Gasteiger partial charge in [0.25, 0.3) is 0 Å². The normalized spacial score (nSPS) is 29.0. The summed E-state index contributed by atoms with van der Waals surface area (Å²) in [7, 11) is -0.912. The number of nitrogens with one attached hydrogen (secondary N) is 1. The van der Waals surface area contributed by atoms with Gasteiger partial charge in [0.15, 0.2) is 9.84 Å². The van der Waals surface area contributed by atoms with Gasteiger partial charge in [0.05, 0.1) is 24.2 Å². The van der Waals surface area contributed by atoms with Crippen LogP contribution in [-0.4, -0.2) is 39.6 Å². The minimum atomic E-state index is -2.83. The Kier molecular flexibility index (Phi) is 4.33. The molecule has 0 aromatic heterocycles. The highest BCUT2D eigenvalue weighted by atomic mass is 32.2. The second-order valence-corrected chi connectivity index (χ2v) is 8.33. The van der Waals surface area contributed by atoms with Gasteiger partial charge in [0, 0.05) is 6.04 Å². The first-order chi connectivity index (χ1) is 10.1. The lowest BCUT2D eigenvalue weighted by Crippen LogP contribution is -2.37. The molecule has 1 saturated heterocycles. The van der Waals surface area contributed by atoms with Crippen LogP contribution in [0.5, 0.6) is 0 Å². The molecule has 2 heterocycles. The van der Waals surface area contributed by atoms with Crippen molar-refractivity contribution >= 4 is 9.84 Å². The lowest BCUT2D eigenvalue weighted by Gasteiger charge is -2.31. The standard InChI is InChI=1S/C16H23NO3S/c1-17-15(13-7-9-21(18,19)11-13)10-16-14-5-3-2-4-12(14)6-8-20-16/h2-5,13,15-17H,6-11H2,1H3. The van der Waals surface area contributed by atoms with Gasteiger partial charge in [-0.2, -0.15) is 0 Å². The van der Waals surface area contributed by atoms with E-state index < -0.39 is 9.84 Å². The Bertz CT molecular complexity index is 599. The first-order valence-corrected chi connectivity index (χ1v) is 9.48. The molecule has 0 bridgehead atoms. The van der Waals surface area contributed by atoms with Crippen molar-refractivity contribution in [2.24, 2.45) is 5.92 Å². The molecule has 116 valence electrons. The Morgan fingerprint density at radius 1 is 1.38 bits per heavy atom. The molecule has 4 nitrogen and oxygen atoms in total. The van der Waals surface area contributed by atoms with Crippen molar-refractivity contribution in [1.29, 1.82) is 0 Å². The lowest BCUT2D eigenvalue weighted by molar-refractivity contribution is 0.0260. The Morgan fingerprint density at radius 3 is 2.90 bits per heavy atom. The van der Waals surface area contributed by atoms with Crippen molar-refractivity contribution in [2.75, 3.05) is 25.2 Å². The number of fused-ring (bicyclic) bond motifs is 1. The summed E-state index contributed by atoms with van der Waals surface area (Å²) in [6.07, 6.45) is 2.65. The maximum absolute atomic E-state index is 11.7. The van der Waals surface area contributed by atoms with Crippen LogP contribution >= 0.6 is 0 Å². The summed E-state index contributed by atoms with van der Waals surface area (Å²) >= 11 is 0. The number of hydrogen-bond donors (Lipinski definition) is 1. The van der Waals surface area contributed by atoms with Gasteiger partial charge >= 0.3 is 0 Å². The van der Waals surface area contributed by atoms with Gasteiger partial charge in [0.2, 0.25) is 0 Å². The summed E-state index contributed by atoms with van der Waals surface area (Å²) in [4.78, 5) is 0. The van der Waals surface area contributed by atoms with Crippen LogP contribution in [0.1, 0.15) is 30.1 Å². The second kappa shape index (κ2) is 6.07. The Morgan fingerprint density at radius 2 is 2.19 bits per heavy atom. The molecule has 1 aromatic rings. The zero-order chi connectivity index (χ0) is 14.9. The molecular weight excluding hydrogens is 286 g/mol. The highest BCUT2D eigenvalue weighted by molar-refractivity contribution is 7.91. The molecule has 3 rings (SSSR count). The van der Waals surface area contributed by atoms with Crippen molar-refractivity contribution < 1.29 is 13.2 Å². The van der Waals surface area contributed by atoms with E-state index in [9.17, 15) is 8.42 Å². The zero-order valence-corrected chi connectivity index (χ0v) is 13.2. The molecule has 21 heavy (non-hydrogen) atoms. The molecule has 1 N–H and O–H groups in total. The van der Waals surface area contributed by atoms with Crippen molar-refractivity contribution in [2.45, 2.75) is 31.4 Å². The minimum Gasteiger partial charge on any atom is -0.373 e. The van der Waals surface area contributed by atoms with E-state index >= 15 is 0 Å². The van der Waals surface area contributed by atoms with Crippen LogP contribution in [0.15, 0.2) is 24.3 Å². The Hall–Kier alpha value is -0.910. The van der Waals surface area contributed by atoms with E-state index in [1.165, 1.54) is 11.1 Å². The average molecular weight is 309 g/mol. The maximum atomic E-state index is 11.7. The summed E-state index contributed by atoms with van der Waals surface area (Å²) in [5, 5.41) is 3.32. The van der Waals surface area contributed by atoms with E-state index in [-0.39, 0.29) is 18.1 Å². The number of hydrogen-bond acceptors (Lipinski definition) is 4. The van der Waals surface area contributed by atoms with Crippen LogP contribution in [0.25, 0.3) is 0 Å². The summed E-state index contributed by atoms with van der Waals surface area (Å²) in [6.45, 7) is 0.751. The summed E-state index contributed by atoms with van der Waals surface area (Å²) in [5.41, 5.74) is 2.63. The molecule has 2 aliphatic rings. The second-order valence-electron chi connectivity index (χ2n) is 6.10. The fraction of sp³-hybridized carbons (Fsp3) is 0.625. The Balaban J connectivity index is 1.74. The van der Waals surface area contributed by atoms with Crippen LogP contribution in [0, 0.1) is 5.92 Å². The van der Waals surface area contributed by atoms with Gasteiger partial charge in [0.1, 0.15) is 0 Å². The van der Waals surface area contributed by atoms with E-state index in [1.54, 1.807) is 0 Å². The van der Waals surface area contributed by atoms with Crippen LogP contribution in [0.4, 0.5) is 0 Å². The molecule has 3 atom stereocenters. The number of sulfone groups is 1. The third-order valence-corrected chi connectivity index (χ3v) is 6.56. The summed E-state index contributed by atoms with van der Waals surface area (Å²) in [5.74, 6) is 0.850. The van der Waals surface area contributed by atoms with Crippen molar-refractivity contribution in [3.63, 3.8) is 0 Å². The van der Waals surface area contributed by atoms with Gasteiger partial charge in [-0.05, 0) is 43.4 Å². The first kappa shape index (κ1) is 15.0. The molecule has 0 radical (unpaired) electrons. The SMILES string of the molecule is CNC(CC1OCCc2ccccc21)C1CCS(=O)(=O)C1. The van der Waals surface area contributed by atoms with Crippen molar-refractivity contribution in [1.82, 2.24) is 5.32 Å². The van der Waals surface area contributed by atoms with Gasteiger partial charge in [-0.3, -0.25) is 0 Å². The smallest absolute Gasteiger partial charge is 0.150 e. The molecule has 3 unspecified atom stereocenters. The molecule has 1 fully saturated rings.